The third-order valence-electron chi connectivity index (χ3n) is 3.37. The Morgan fingerprint density at radius 2 is 1.85 bits per heavy atom. The van der Waals surface area contributed by atoms with Gasteiger partial charge >= 0.3 is 0 Å². The topological polar surface area (TPSA) is 101 Å². The van der Waals surface area contributed by atoms with Crippen molar-refractivity contribution in [1.82, 2.24) is 10.0 Å². The summed E-state index contributed by atoms with van der Waals surface area (Å²) >= 11 is 1.59. The van der Waals surface area contributed by atoms with Crippen molar-refractivity contribution in [3.05, 3.63) is 52.2 Å². The Morgan fingerprint density at radius 1 is 1.19 bits per heavy atom. The van der Waals surface area contributed by atoms with Crippen molar-refractivity contribution in [3.8, 4) is 0 Å². The van der Waals surface area contributed by atoms with Gasteiger partial charge in [0.1, 0.15) is 0 Å². The van der Waals surface area contributed by atoms with E-state index in [1.165, 1.54) is 24.3 Å². The first-order valence-electron chi connectivity index (χ1n) is 7.87. The molecule has 9 heteroatoms. The fourth-order valence-electron chi connectivity index (χ4n) is 2.04. The maximum Gasteiger partial charge on any atom is 0.251 e. The van der Waals surface area contributed by atoms with E-state index in [4.69, 9.17) is 5.73 Å². The molecule has 0 aliphatic heterocycles. The molecule has 0 bridgehead atoms. The molecule has 2 rings (SSSR count). The molecule has 0 aliphatic carbocycles. The molecule has 4 N–H and O–H groups in total. The van der Waals surface area contributed by atoms with Crippen LogP contribution >= 0.6 is 23.7 Å². The van der Waals surface area contributed by atoms with Crippen LogP contribution in [0, 0.1) is 0 Å². The number of hydrogen-bond acceptors (Lipinski definition) is 5. The molecule has 0 spiro atoms. The zero-order chi connectivity index (χ0) is 18.5. The van der Waals surface area contributed by atoms with Crippen LogP contribution in [0.25, 0.3) is 0 Å². The van der Waals surface area contributed by atoms with Gasteiger partial charge in [-0.15, -0.1) is 23.7 Å². The summed E-state index contributed by atoms with van der Waals surface area (Å²) < 4.78 is 27.1. The van der Waals surface area contributed by atoms with Gasteiger partial charge in [-0.2, -0.15) is 0 Å². The van der Waals surface area contributed by atoms with Crippen molar-refractivity contribution in [2.24, 2.45) is 5.73 Å². The summed E-state index contributed by atoms with van der Waals surface area (Å²) in [5, 5.41) is 4.68. The van der Waals surface area contributed by atoms with Gasteiger partial charge in [0.15, 0.2) is 0 Å². The van der Waals surface area contributed by atoms with Crippen LogP contribution in [0.2, 0.25) is 0 Å². The molecule has 26 heavy (non-hydrogen) atoms. The van der Waals surface area contributed by atoms with Crippen molar-refractivity contribution < 1.29 is 13.2 Å². The van der Waals surface area contributed by atoms with Gasteiger partial charge in [0, 0.05) is 29.1 Å². The number of nitrogens with two attached hydrogens (primary N) is 1. The molecule has 6 nitrogen and oxygen atoms in total. The van der Waals surface area contributed by atoms with Crippen LogP contribution < -0.4 is 15.8 Å². The summed E-state index contributed by atoms with van der Waals surface area (Å²) in [5.74, 6) is -0.284. The Hall–Kier alpha value is -1.45. The number of carbonyl (C=O) groups excluding carboxylic acids is 1. The summed E-state index contributed by atoms with van der Waals surface area (Å²) in [4.78, 5) is 13.3. The highest BCUT2D eigenvalue weighted by Crippen LogP contribution is 2.12. The van der Waals surface area contributed by atoms with Crippen LogP contribution in [0.4, 0.5) is 0 Å². The summed E-state index contributed by atoms with van der Waals surface area (Å²) in [6.45, 7) is 4.28. The van der Waals surface area contributed by atoms with Gasteiger partial charge in [0.05, 0.1) is 4.90 Å². The van der Waals surface area contributed by atoms with Crippen molar-refractivity contribution in [2.75, 3.05) is 13.1 Å². The normalized spacial score (nSPS) is 11.7. The predicted molar refractivity (Wildman–Crippen MR) is 108 cm³/mol. The predicted octanol–water partition coefficient (Wildman–Crippen LogP) is 2.16. The second-order valence-corrected chi connectivity index (χ2v) is 9.22. The number of benzene rings is 1. The molecule has 0 aliphatic rings. The Bertz CT molecular complexity index is 799. The summed E-state index contributed by atoms with van der Waals surface area (Å²) in [6.07, 6.45) is 0.645. The fraction of sp³-hybridized carbons (Fsp3) is 0.353. The Labute approximate surface area is 164 Å². The maximum absolute atomic E-state index is 12.3. The Morgan fingerprint density at radius 3 is 2.38 bits per heavy atom. The Kier molecular flexibility index (Phi) is 8.23. The van der Waals surface area contributed by atoms with E-state index in [0.29, 0.717) is 25.1 Å². The lowest BCUT2D eigenvalue weighted by Gasteiger charge is -2.18. The van der Waals surface area contributed by atoms with E-state index in [9.17, 15) is 13.2 Å². The minimum absolute atomic E-state index is 0. The highest BCUT2D eigenvalue weighted by Gasteiger charge is 2.16. The molecule has 1 amide bonds. The molecule has 1 aromatic heterocycles. The fourth-order valence-corrected chi connectivity index (χ4v) is 3.78. The van der Waals surface area contributed by atoms with Gasteiger partial charge in [-0.3, -0.25) is 4.79 Å². The quantitative estimate of drug-likeness (QED) is 0.612. The lowest BCUT2D eigenvalue weighted by Crippen LogP contribution is -2.45. The van der Waals surface area contributed by atoms with Gasteiger partial charge in [0.25, 0.3) is 5.91 Å². The van der Waals surface area contributed by atoms with E-state index < -0.39 is 15.6 Å². The standard InChI is InChI=1S/C17H23N3O3S2.ClH/c1-17(2,18)12-19-16(21)13-5-7-15(8-6-13)25(22,23)20-10-9-14-4-3-11-24-14;/h3-8,11,20H,9-10,12,18H2,1-2H3,(H,19,21);1H. The monoisotopic (exact) mass is 417 g/mol. The van der Waals surface area contributed by atoms with E-state index in [2.05, 4.69) is 10.0 Å². The van der Waals surface area contributed by atoms with Crippen LogP contribution in [0.3, 0.4) is 0 Å². The molecule has 1 aromatic carbocycles. The van der Waals surface area contributed by atoms with Gasteiger partial charge in [0.2, 0.25) is 10.0 Å². The van der Waals surface area contributed by atoms with Gasteiger partial charge in [-0.1, -0.05) is 6.07 Å². The number of hydrogen-bond donors (Lipinski definition) is 3. The number of carbonyl (C=O) groups is 1. The summed E-state index contributed by atoms with van der Waals surface area (Å²) in [5.41, 5.74) is 5.71. The van der Waals surface area contributed by atoms with Crippen LogP contribution in [0.15, 0.2) is 46.7 Å². The first kappa shape index (κ1) is 22.6. The van der Waals surface area contributed by atoms with E-state index in [1.54, 1.807) is 11.3 Å². The molecule has 0 saturated carbocycles. The van der Waals surface area contributed by atoms with Crippen molar-refractivity contribution in [1.29, 1.82) is 0 Å². The molecular formula is C17H24ClN3O3S2. The SMILES string of the molecule is CC(C)(N)CNC(=O)c1ccc(S(=O)(=O)NCCc2cccs2)cc1.Cl. The van der Waals surface area contributed by atoms with Crippen molar-refractivity contribution >= 4 is 39.7 Å². The number of thiophene rings is 1. The third kappa shape index (κ3) is 7.05. The second kappa shape index (κ2) is 9.48. The lowest BCUT2D eigenvalue weighted by atomic mass is 10.1. The third-order valence-corrected chi connectivity index (χ3v) is 5.79. The molecule has 2 aromatic rings. The average Bonchev–Trinajstić information content (AvgIpc) is 3.05. The minimum Gasteiger partial charge on any atom is -0.350 e. The van der Waals surface area contributed by atoms with Crippen LogP contribution in [-0.4, -0.2) is 33.0 Å². The lowest BCUT2D eigenvalue weighted by molar-refractivity contribution is 0.0946. The van der Waals surface area contributed by atoms with Crippen LogP contribution in [0.5, 0.6) is 0 Å². The molecule has 144 valence electrons. The molecular weight excluding hydrogens is 394 g/mol. The van der Waals surface area contributed by atoms with Crippen LogP contribution in [0.1, 0.15) is 29.1 Å². The number of nitrogens with one attached hydrogen (secondary N) is 2. The van der Waals surface area contributed by atoms with E-state index in [1.807, 2.05) is 31.4 Å². The van der Waals surface area contributed by atoms with Crippen LogP contribution in [-0.2, 0) is 16.4 Å². The maximum atomic E-state index is 12.3. The summed E-state index contributed by atoms with van der Waals surface area (Å²) in [7, 11) is -3.59. The smallest absolute Gasteiger partial charge is 0.251 e. The van der Waals surface area contributed by atoms with E-state index in [0.717, 1.165) is 4.88 Å². The molecule has 1 heterocycles. The molecule has 0 fully saturated rings. The van der Waals surface area contributed by atoms with Gasteiger partial charge in [-0.25, -0.2) is 13.1 Å². The first-order valence-corrected chi connectivity index (χ1v) is 10.2. The number of sulfonamides is 1. The largest absolute Gasteiger partial charge is 0.350 e. The Balaban J connectivity index is 0.00000338. The summed E-state index contributed by atoms with van der Waals surface area (Å²) in [6, 6.07) is 9.74. The number of halogens is 1. The zero-order valence-electron chi connectivity index (χ0n) is 14.7. The number of amides is 1. The van der Waals surface area contributed by atoms with E-state index in [-0.39, 0.29) is 23.2 Å². The molecule has 0 radical (unpaired) electrons. The van der Waals surface area contributed by atoms with E-state index >= 15 is 0 Å². The highest BCUT2D eigenvalue weighted by molar-refractivity contribution is 7.89. The van der Waals surface area contributed by atoms with Gasteiger partial charge < -0.3 is 11.1 Å². The average molecular weight is 418 g/mol. The second-order valence-electron chi connectivity index (χ2n) is 6.42. The van der Waals surface area contributed by atoms with Gasteiger partial charge in [-0.05, 0) is 56.0 Å². The number of rotatable bonds is 8. The molecule has 0 atom stereocenters. The first-order chi connectivity index (χ1) is 11.7. The highest BCUT2D eigenvalue weighted by atomic mass is 35.5. The molecule has 0 saturated heterocycles. The minimum atomic E-state index is -3.59. The van der Waals surface area contributed by atoms with Crippen molar-refractivity contribution in [2.45, 2.75) is 30.7 Å². The zero-order valence-corrected chi connectivity index (χ0v) is 17.1. The van der Waals surface area contributed by atoms with Crippen molar-refractivity contribution in [3.63, 3.8) is 0 Å². The molecule has 0 unspecified atom stereocenters.